The van der Waals surface area contributed by atoms with E-state index in [9.17, 15) is 0 Å². The fourth-order valence-electron chi connectivity index (χ4n) is 1.29. The second-order valence-corrected chi connectivity index (χ2v) is 6.37. The maximum atomic E-state index is 5.72. The van der Waals surface area contributed by atoms with Gasteiger partial charge < -0.3 is 14.5 Å². The van der Waals surface area contributed by atoms with E-state index in [2.05, 4.69) is 26.1 Å². The lowest BCUT2D eigenvalue weighted by atomic mass is 10.1. The van der Waals surface area contributed by atoms with E-state index < -0.39 is 0 Å². The van der Waals surface area contributed by atoms with Gasteiger partial charge in [-0.1, -0.05) is 0 Å². The molecule has 0 saturated carbocycles. The van der Waals surface area contributed by atoms with Crippen LogP contribution in [0.2, 0.25) is 0 Å². The number of rotatable bonds is 4. The fraction of sp³-hybridized carbons (Fsp3) is 0.714. The van der Waals surface area contributed by atoms with Crippen LogP contribution in [0.4, 0.5) is 0 Å². The number of hydrogen-bond donors (Lipinski definition) is 1. The minimum Gasteiger partial charge on any atom is -0.467 e. The van der Waals surface area contributed by atoms with Crippen LogP contribution in [0.3, 0.4) is 0 Å². The Morgan fingerprint density at radius 1 is 1.18 bits per heavy atom. The Labute approximate surface area is 105 Å². The van der Waals surface area contributed by atoms with Crippen molar-refractivity contribution in [1.29, 1.82) is 0 Å². The molecule has 0 amide bonds. The minimum absolute atomic E-state index is 0.111. The van der Waals surface area contributed by atoms with E-state index in [1.54, 1.807) is 6.26 Å². The van der Waals surface area contributed by atoms with Crippen molar-refractivity contribution in [2.24, 2.45) is 0 Å². The lowest BCUT2D eigenvalue weighted by Crippen LogP contribution is -2.35. The Morgan fingerprint density at radius 3 is 2.35 bits per heavy atom. The SMILES string of the molecule is CC(C)(C)NCc1ccoc1COC(C)(C)C. The molecule has 1 aromatic rings. The summed E-state index contributed by atoms with van der Waals surface area (Å²) in [6, 6.07) is 2.00. The summed E-state index contributed by atoms with van der Waals surface area (Å²) < 4.78 is 11.2. The topological polar surface area (TPSA) is 34.4 Å². The quantitative estimate of drug-likeness (QED) is 0.873. The first-order chi connectivity index (χ1) is 7.67. The molecule has 0 atom stereocenters. The molecule has 0 radical (unpaired) electrons. The van der Waals surface area contributed by atoms with Crippen LogP contribution in [0, 0.1) is 0 Å². The van der Waals surface area contributed by atoms with Gasteiger partial charge in [0.25, 0.3) is 0 Å². The normalized spacial score (nSPS) is 13.1. The standard InChI is InChI=1S/C14H25NO2/c1-13(2,3)15-9-11-7-8-16-12(11)10-17-14(4,5)6/h7-8,15H,9-10H2,1-6H3. The molecule has 1 heterocycles. The molecule has 98 valence electrons. The lowest BCUT2D eigenvalue weighted by Gasteiger charge is -2.21. The van der Waals surface area contributed by atoms with E-state index in [1.807, 2.05) is 26.8 Å². The highest BCUT2D eigenvalue weighted by atomic mass is 16.5. The van der Waals surface area contributed by atoms with E-state index in [1.165, 1.54) is 5.56 Å². The average Bonchev–Trinajstić information content (AvgIpc) is 2.56. The summed E-state index contributed by atoms with van der Waals surface area (Å²) in [5.41, 5.74) is 1.14. The van der Waals surface area contributed by atoms with E-state index in [0.29, 0.717) is 6.61 Å². The predicted octanol–water partition coefficient (Wildman–Crippen LogP) is 3.48. The van der Waals surface area contributed by atoms with Crippen LogP contribution in [0.25, 0.3) is 0 Å². The van der Waals surface area contributed by atoms with Gasteiger partial charge in [0.05, 0.1) is 11.9 Å². The van der Waals surface area contributed by atoms with Gasteiger partial charge in [-0.25, -0.2) is 0 Å². The molecular weight excluding hydrogens is 214 g/mol. The Balaban J connectivity index is 2.54. The van der Waals surface area contributed by atoms with Crippen LogP contribution < -0.4 is 5.32 Å². The Morgan fingerprint density at radius 2 is 1.82 bits per heavy atom. The molecule has 3 heteroatoms. The first-order valence-electron chi connectivity index (χ1n) is 6.12. The molecule has 0 spiro atoms. The molecule has 0 saturated heterocycles. The zero-order chi connectivity index (χ0) is 13.1. The van der Waals surface area contributed by atoms with Crippen molar-refractivity contribution in [3.8, 4) is 0 Å². The van der Waals surface area contributed by atoms with Crippen molar-refractivity contribution in [2.75, 3.05) is 0 Å². The predicted molar refractivity (Wildman–Crippen MR) is 69.8 cm³/mol. The molecule has 0 bridgehead atoms. The molecule has 0 aliphatic carbocycles. The molecule has 0 unspecified atom stereocenters. The van der Waals surface area contributed by atoms with Gasteiger partial charge in [-0.15, -0.1) is 0 Å². The largest absolute Gasteiger partial charge is 0.467 e. The fourth-order valence-corrected chi connectivity index (χ4v) is 1.29. The molecule has 0 fully saturated rings. The number of furan rings is 1. The van der Waals surface area contributed by atoms with Gasteiger partial charge in [0, 0.05) is 17.6 Å². The summed E-state index contributed by atoms with van der Waals surface area (Å²) >= 11 is 0. The van der Waals surface area contributed by atoms with Crippen LogP contribution in [-0.4, -0.2) is 11.1 Å². The van der Waals surface area contributed by atoms with Gasteiger partial charge in [-0.3, -0.25) is 0 Å². The van der Waals surface area contributed by atoms with Crippen molar-refractivity contribution in [3.63, 3.8) is 0 Å². The summed E-state index contributed by atoms with van der Waals surface area (Å²) in [7, 11) is 0. The summed E-state index contributed by atoms with van der Waals surface area (Å²) in [5, 5.41) is 3.45. The summed E-state index contributed by atoms with van der Waals surface area (Å²) in [6.07, 6.45) is 1.72. The summed E-state index contributed by atoms with van der Waals surface area (Å²) in [4.78, 5) is 0. The number of hydrogen-bond acceptors (Lipinski definition) is 3. The van der Waals surface area contributed by atoms with Crippen LogP contribution in [0.1, 0.15) is 52.9 Å². The molecule has 0 aromatic carbocycles. The van der Waals surface area contributed by atoms with Gasteiger partial charge in [-0.05, 0) is 47.6 Å². The zero-order valence-corrected chi connectivity index (χ0v) is 11.9. The third-order valence-corrected chi connectivity index (χ3v) is 2.28. The summed E-state index contributed by atoms with van der Waals surface area (Å²) in [6.45, 7) is 13.9. The van der Waals surface area contributed by atoms with E-state index in [4.69, 9.17) is 9.15 Å². The number of nitrogens with one attached hydrogen (secondary N) is 1. The first-order valence-corrected chi connectivity index (χ1v) is 6.12. The number of ether oxygens (including phenoxy) is 1. The molecule has 17 heavy (non-hydrogen) atoms. The van der Waals surface area contributed by atoms with Gasteiger partial charge in [0.1, 0.15) is 12.4 Å². The molecular formula is C14H25NO2. The molecule has 0 aliphatic heterocycles. The minimum atomic E-state index is -0.137. The summed E-state index contributed by atoms with van der Waals surface area (Å²) in [5.74, 6) is 0.914. The second kappa shape index (κ2) is 5.23. The smallest absolute Gasteiger partial charge is 0.133 e. The molecule has 3 nitrogen and oxygen atoms in total. The van der Waals surface area contributed by atoms with E-state index >= 15 is 0 Å². The maximum Gasteiger partial charge on any atom is 0.133 e. The first kappa shape index (κ1) is 14.3. The monoisotopic (exact) mass is 239 g/mol. The van der Waals surface area contributed by atoms with E-state index in [0.717, 1.165) is 12.3 Å². The zero-order valence-electron chi connectivity index (χ0n) is 11.9. The molecule has 0 aliphatic rings. The Bertz CT molecular complexity index is 309. The highest BCUT2D eigenvalue weighted by Crippen LogP contribution is 2.17. The Kier molecular flexibility index (Phi) is 4.39. The van der Waals surface area contributed by atoms with Crippen LogP contribution in [-0.2, 0) is 17.9 Å². The third kappa shape index (κ3) is 5.89. The van der Waals surface area contributed by atoms with Crippen molar-refractivity contribution >= 4 is 0 Å². The molecule has 1 aromatic heterocycles. The van der Waals surface area contributed by atoms with Crippen molar-refractivity contribution in [2.45, 2.75) is 65.8 Å². The maximum absolute atomic E-state index is 5.72. The van der Waals surface area contributed by atoms with Gasteiger partial charge >= 0.3 is 0 Å². The van der Waals surface area contributed by atoms with Gasteiger partial charge in [0.15, 0.2) is 0 Å². The lowest BCUT2D eigenvalue weighted by molar-refractivity contribution is -0.0228. The van der Waals surface area contributed by atoms with E-state index in [-0.39, 0.29) is 11.1 Å². The van der Waals surface area contributed by atoms with Crippen LogP contribution in [0.5, 0.6) is 0 Å². The highest BCUT2D eigenvalue weighted by molar-refractivity contribution is 5.16. The van der Waals surface area contributed by atoms with Crippen LogP contribution >= 0.6 is 0 Å². The average molecular weight is 239 g/mol. The third-order valence-electron chi connectivity index (χ3n) is 2.28. The molecule has 1 N–H and O–H groups in total. The second-order valence-electron chi connectivity index (χ2n) is 6.37. The van der Waals surface area contributed by atoms with Gasteiger partial charge in [0.2, 0.25) is 0 Å². The van der Waals surface area contributed by atoms with Crippen molar-refractivity contribution in [1.82, 2.24) is 5.32 Å². The Hall–Kier alpha value is -0.800. The van der Waals surface area contributed by atoms with Crippen molar-refractivity contribution < 1.29 is 9.15 Å². The van der Waals surface area contributed by atoms with Gasteiger partial charge in [-0.2, -0.15) is 0 Å². The van der Waals surface area contributed by atoms with Crippen LogP contribution in [0.15, 0.2) is 16.7 Å². The molecule has 1 rings (SSSR count). The highest BCUT2D eigenvalue weighted by Gasteiger charge is 2.15. The van der Waals surface area contributed by atoms with Crippen molar-refractivity contribution in [3.05, 3.63) is 23.7 Å².